The molecule has 1 rings (SSSR count). The van der Waals surface area contributed by atoms with Crippen molar-refractivity contribution >= 4 is 15.9 Å². The molecule has 0 bridgehead atoms. The minimum atomic E-state index is -3.71. The third-order valence-corrected chi connectivity index (χ3v) is 3.96. The molecule has 96 valence electrons. The predicted octanol–water partition coefficient (Wildman–Crippen LogP) is -0.314. The van der Waals surface area contributed by atoms with Gasteiger partial charge in [0, 0.05) is 6.54 Å². The lowest BCUT2D eigenvalue weighted by Crippen LogP contribution is -2.39. The standard InChI is InChI=1S/C9H16N4O3S/c1-2-3-6-13(7-8(10)14)17(15,16)9-4-5-11-12-9/h4-5H,2-3,6-7H2,1H3,(H2,10,14)(H,11,12). The van der Waals surface area contributed by atoms with Crippen molar-refractivity contribution in [3.63, 3.8) is 0 Å². The summed E-state index contributed by atoms with van der Waals surface area (Å²) in [4.78, 5) is 10.9. The zero-order valence-electron chi connectivity index (χ0n) is 9.59. The number of H-pyrrole nitrogens is 1. The van der Waals surface area contributed by atoms with Gasteiger partial charge in [0.1, 0.15) is 0 Å². The number of nitrogens with zero attached hydrogens (tertiary/aromatic N) is 2. The van der Waals surface area contributed by atoms with Gasteiger partial charge in [0.15, 0.2) is 5.03 Å². The van der Waals surface area contributed by atoms with Crippen molar-refractivity contribution in [1.82, 2.24) is 14.5 Å². The van der Waals surface area contributed by atoms with Crippen LogP contribution in [0.4, 0.5) is 0 Å². The lowest BCUT2D eigenvalue weighted by molar-refractivity contribution is -0.118. The summed E-state index contributed by atoms with van der Waals surface area (Å²) in [6.07, 6.45) is 2.84. The van der Waals surface area contributed by atoms with E-state index in [4.69, 9.17) is 5.73 Å². The summed E-state index contributed by atoms with van der Waals surface area (Å²) in [5.74, 6) is -0.677. The van der Waals surface area contributed by atoms with E-state index in [9.17, 15) is 13.2 Å². The van der Waals surface area contributed by atoms with Crippen LogP contribution in [-0.2, 0) is 14.8 Å². The summed E-state index contributed by atoms with van der Waals surface area (Å²) in [7, 11) is -3.71. The maximum absolute atomic E-state index is 12.1. The van der Waals surface area contributed by atoms with Gasteiger partial charge in [-0.15, -0.1) is 0 Å². The molecular weight excluding hydrogens is 244 g/mol. The Balaban J connectivity index is 2.92. The van der Waals surface area contributed by atoms with Crippen LogP contribution in [0.25, 0.3) is 0 Å². The molecule has 0 fully saturated rings. The van der Waals surface area contributed by atoms with E-state index >= 15 is 0 Å². The predicted molar refractivity (Wildman–Crippen MR) is 61.4 cm³/mol. The monoisotopic (exact) mass is 260 g/mol. The number of amides is 1. The normalized spacial score (nSPS) is 11.9. The fourth-order valence-electron chi connectivity index (χ4n) is 1.32. The van der Waals surface area contributed by atoms with Gasteiger partial charge < -0.3 is 5.73 Å². The molecule has 0 saturated heterocycles. The van der Waals surface area contributed by atoms with Crippen molar-refractivity contribution < 1.29 is 13.2 Å². The van der Waals surface area contributed by atoms with Crippen molar-refractivity contribution in [3.05, 3.63) is 12.3 Å². The number of primary amides is 1. The van der Waals surface area contributed by atoms with Gasteiger partial charge in [-0.3, -0.25) is 9.89 Å². The second-order valence-electron chi connectivity index (χ2n) is 3.58. The number of carbonyl (C=O) groups is 1. The molecule has 0 spiro atoms. The highest BCUT2D eigenvalue weighted by Gasteiger charge is 2.26. The molecule has 1 amide bonds. The molecule has 0 aromatic carbocycles. The van der Waals surface area contributed by atoms with Crippen LogP contribution in [0.3, 0.4) is 0 Å². The van der Waals surface area contributed by atoms with E-state index in [1.165, 1.54) is 12.3 Å². The molecule has 0 aliphatic heterocycles. The average molecular weight is 260 g/mol. The summed E-state index contributed by atoms with van der Waals surface area (Å²) < 4.78 is 25.2. The number of unbranched alkanes of at least 4 members (excludes halogenated alkanes) is 1. The van der Waals surface area contributed by atoms with Crippen LogP contribution in [0, 0.1) is 0 Å². The van der Waals surface area contributed by atoms with Gasteiger partial charge in [-0.25, -0.2) is 8.42 Å². The van der Waals surface area contributed by atoms with Crippen molar-refractivity contribution in [2.24, 2.45) is 5.73 Å². The van der Waals surface area contributed by atoms with Gasteiger partial charge in [-0.05, 0) is 12.5 Å². The maximum atomic E-state index is 12.1. The van der Waals surface area contributed by atoms with E-state index in [0.717, 1.165) is 10.7 Å². The van der Waals surface area contributed by atoms with Crippen molar-refractivity contribution in [2.75, 3.05) is 13.1 Å². The number of rotatable bonds is 7. The van der Waals surface area contributed by atoms with Crippen LogP contribution in [0.5, 0.6) is 0 Å². The van der Waals surface area contributed by atoms with Crippen LogP contribution in [0.2, 0.25) is 0 Å². The van der Waals surface area contributed by atoms with Crippen molar-refractivity contribution in [3.8, 4) is 0 Å². The maximum Gasteiger partial charge on any atom is 0.260 e. The van der Waals surface area contributed by atoms with Crippen molar-refractivity contribution in [2.45, 2.75) is 24.8 Å². The number of nitrogens with one attached hydrogen (secondary N) is 1. The zero-order valence-corrected chi connectivity index (χ0v) is 10.4. The van der Waals surface area contributed by atoms with E-state index < -0.39 is 15.9 Å². The second kappa shape index (κ2) is 5.78. The third-order valence-electron chi connectivity index (χ3n) is 2.19. The number of hydrogen-bond acceptors (Lipinski definition) is 4. The lowest BCUT2D eigenvalue weighted by Gasteiger charge is -2.19. The molecule has 0 unspecified atom stereocenters. The first kappa shape index (κ1) is 13.7. The van der Waals surface area contributed by atoms with Gasteiger partial charge in [0.25, 0.3) is 10.0 Å². The third kappa shape index (κ3) is 3.53. The van der Waals surface area contributed by atoms with E-state index in [0.29, 0.717) is 6.42 Å². The number of aromatic amines is 1. The highest BCUT2D eigenvalue weighted by molar-refractivity contribution is 7.89. The van der Waals surface area contributed by atoms with E-state index in [-0.39, 0.29) is 18.1 Å². The average Bonchev–Trinajstić information content (AvgIpc) is 2.77. The molecule has 1 aromatic heterocycles. The molecule has 0 aliphatic carbocycles. The number of sulfonamides is 1. The fourth-order valence-corrected chi connectivity index (χ4v) is 2.66. The van der Waals surface area contributed by atoms with Crippen LogP contribution < -0.4 is 5.73 Å². The minimum absolute atomic E-state index is 0.0325. The number of nitrogens with two attached hydrogens (primary N) is 1. The van der Waals surface area contributed by atoms with Crippen LogP contribution in [0.1, 0.15) is 19.8 Å². The summed E-state index contributed by atoms with van der Waals surface area (Å²) in [6, 6.07) is 1.34. The van der Waals surface area contributed by atoms with E-state index in [1.54, 1.807) is 0 Å². The smallest absolute Gasteiger partial charge is 0.260 e. The summed E-state index contributed by atoms with van der Waals surface area (Å²) in [6.45, 7) is 1.88. The van der Waals surface area contributed by atoms with E-state index in [2.05, 4.69) is 10.2 Å². The summed E-state index contributed by atoms with van der Waals surface area (Å²) >= 11 is 0. The van der Waals surface area contributed by atoms with Crippen LogP contribution in [0.15, 0.2) is 17.3 Å². The Hall–Kier alpha value is -1.41. The Kier molecular flexibility index (Phi) is 4.64. The lowest BCUT2D eigenvalue weighted by atomic mass is 10.3. The largest absolute Gasteiger partial charge is 0.369 e. The number of hydrogen-bond donors (Lipinski definition) is 2. The Bertz CT molecular complexity index is 455. The Morgan fingerprint density at radius 2 is 2.29 bits per heavy atom. The van der Waals surface area contributed by atoms with Crippen LogP contribution >= 0.6 is 0 Å². The van der Waals surface area contributed by atoms with Gasteiger partial charge in [-0.1, -0.05) is 13.3 Å². The molecule has 0 aliphatic rings. The van der Waals surface area contributed by atoms with Gasteiger partial charge in [-0.2, -0.15) is 9.40 Å². The second-order valence-corrected chi connectivity index (χ2v) is 5.49. The molecular formula is C9H16N4O3S. The minimum Gasteiger partial charge on any atom is -0.369 e. The quantitative estimate of drug-likeness (QED) is 0.700. The zero-order chi connectivity index (χ0) is 12.9. The molecule has 0 radical (unpaired) electrons. The highest BCUT2D eigenvalue weighted by Crippen LogP contribution is 2.12. The van der Waals surface area contributed by atoms with Crippen LogP contribution in [-0.4, -0.2) is 41.9 Å². The van der Waals surface area contributed by atoms with Gasteiger partial charge in [0.05, 0.1) is 12.7 Å². The molecule has 17 heavy (non-hydrogen) atoms. The Morgan fingerprint density at radius 1 is 1.59 bits per heavy atom. The Labute approximate surface area is 100 Å². The first-order chi connectivity index (χ1) is 7.98. The number of aromatic nitrogens is 2. The van der Waals surface area contributed by atoms with E-state index in [1.807, 2.05) is 6.92 Å². The highest BCUT2D eigenvalue weighted by atomic mass is 32.2. The SMILES string of the molecule is CCCCN(CC(N)=O)S(=O)(=O)c1ccn[nH]1. The summed E-state index contributed by atoms with van der Waals surface area (Å²) in [5, 5.41) is 5.93. The first-order valence-corrected chi connectivity index (χ1v) is 6.70. The topological polar surface area (TPSA) is 109 Å². The number of carbonyl (C=O) groups excluding carboxylic acids is 1. The van der Waals surface area contributed by atoms with Gasteiger partial charge >= 0.3 is 0 Å². The fraction of sp³-hybridized carbons (Fsp3) is 0.556. The molecule has 8 heteroatoms. The van der Waals surface area contributed by atoms with Gasteiger partial charge in [0.2, 0.25) is 5.91 Å². The first-order valence-electron chi connectivity index (χ1n) is 5.26. The Morgan fingerprint density at radius 3 is 2.76 bits per heavy atom. The molecule has 3 N–H and O–H groups in total. The molecule has 7 nitrogen and oxygen atoms in total. The summed E-state index contributed by atoms with van der Waals surface area (Å²) in [5.41, 5.74) is 5.04. The molecule has 0 saturated carbocycles. The van der Waals surface area contributed by atoms with Crippen molar-refractivity contribution in [1.29, 1.82) is 0 Å². The molecule has 0 atom stereocenters. The molecule has 1 aromatic rings. The molecule has 1 heterocycles.